The van der Waals surface area contributed by atoms with Gasteiger partial charge in [0.25, 0.3) is 0 Å². The van der Waals surface area contributed by atoms with Crippen LogP contribution in [0.15, 0.2) is 188 Å². The van der Waals surface area contributed by atoms with Crippen LogP contribution in [0.4, 0.5) is 0 Å². The predicted molar refractivity (Wildman–Crippen MR) is 239 cm³/mol. The summed E-state index contributed by atoms with van der Waals surface area (Å²) in [5.74, 6) is 1.83. The lowest BCUT2D eigenvalue weighted by Gasteiger charge is -2.13. The van der Waals surface area contributed by atoms with E-state index in [0.29, 0.717) is 17.6 Å². The fourth-order valence-corrected chi connectivity index (χ4v) is 9.59. The molecule has 12 aromatic rings. The molecule has 13 rings (SSSR count). The minimum atomic E-state index is 0.578. The molecular weight excluding hydrogens is 707 g/mol. The van der Waals surface area contributed by atoms with E-state index < -0.39 is 0 Å². The first-order valence-electron chi connectivity index (χ1n) is 19.7. The van der Waals surface area contributed by atoms with Crippen molar-refractivity contribution in [3.63, 3.8) is 0 Å². The van der Waals surface area contributed by atoms with Gasteiger partial charge in [-0.25, -0.2) is 4.98 Å². The molecule has 5 heteroatoms. The Morgan fingerprint density at radius 2 is 0.966 bits per heavy atom. The minimum absolute atomic E-state index is 0.578. The number of nitrogens with zero attached hydrogens (tertiary/aromatic N) is 5. The number of rotatable bonds is 3. The van der Waals surface area contributed by atoms with E-state index in [-0.39, 0.29) is 0 Å². The predicted octanol–water partition coefficient (Wildman–Crippen LogP) is 13.4. The molecule has 0 fully saturated rings. The van der Waals surface area contributed by atoms with Gasteiger partial charge in [-0.05, 0) is 63.0 Å². The third-order valence-electron chi connectivity index (χ3n) is 12.1. The minimum Gasteiger partial charge on any atom is -0.308 e. The zero-order valence-electron chi connectivity index (χ0n) is 31.1. The average molecular weight is 738 g/mol. The number of hydrogen-bond donors (Lipinski definition) is 0. The second-order valence-electron chi connectivity index (χ2n) is 15.2. The Bertz CT molecular complexity index is 3690. The number of para-hydroxylation sites is 3. The number of benzene rings is 9. The molecule has 0 saturated carbocycles. The van der Waals surface area contributed by atoms with Crippen molar-refractivity contribution in [2.75, 3.05) is 0 Å². The molecule has 9 aromatic carbocycles. The molecular formula is C53H31N5. The highest BCUT2D eigenvalue weighted by molar-refractivity contribution is 6.28. The van der Waals surface area contributed by atoms with Crippen molar-refractivity contribution in [3.05, 3.63) is 188 Å². The van der Waals surface area contributed by atoms with Crippen LogP contribution in [0.25, 0.3) is 122 Å². The van der Waals surface area contributed by atoms with Gasteiger partial charge in [-0.2, -0.15) is 9.97 Å². The summed E-state index contributed by atoms with van der Waals surface area (Å²) < 4.78 is 4.75. The highest BCUT2D eigenvalue weighted by Gasteiger charge is 2.29. The van der Waals surface area contributed by atoms with Gasteiger partial charge in [0.1, 0.15) is 0 Å². The van der Waals surface area contributed by atoms with Gasteiger partial charge in [0.2, 0.25) is 5.95 Å². The van der Waals surface area contributed by atoms with Crippen molar-refractivity contribution in [2.45, 2.75) is 0 Å². The van der Waals surface area contributed by atoms with E-state index in [2.05, 4.69) is 179 Å². The fourth-order valence-electron chi connectivity index (χ4n) is 9.59. The normalized spacial score (nSPS) is 12.1. The van der Waals surface area contributed by atoms with Crippen LogP contribution in [0.5, 0.6) is 0 Å². The van der Waals surface area contributed by atoms with Crippen LogP contribution in [0.3, 0.4) is 0 Å². The Labute approximate surface area is 332 Å². The average Bonchev–Trinajstić information content (AvgIpc) is 3.76. The van der Waals surface area contributed by atoms with Gasteiger partial charge in [0, 0.05) is 43.8 Å². The highest BCUT2D eigenvalue weighted by atomic mass is 15.2. The zero-order chi connectivity index (χ0) is 37.9. The van der Waals surface area contributed by atoms with Gasteiger partial charge >= 0.3 is 0 Å². The van der Waals surface area contributed by atoms with E-state index >= 15 is 0 Å². The van der Waals surface area contributed by atoms with Gasteiger partial charge in [-0.3, -0.25) is 4.57 Å². The first kappa shape index (κ1) is 31.3. The maximum Gasteiger partial charge on any atom is 0.238 e. The topological polar surface area (TPSA) is 48.5 Å². The molecule has 4 heterocycles. The van der Waals surface area contributed by atoms with E-state index in [9.17, 15) is 0 Å². The summed E-state index contributed by atoms with van der Waals surface area (Å²) >= 11 is 0. The largest absolute Gasteiger partial charge is 0.308 e. The maximum atomic E-state index is 5.39. The zero-order valence-corrected chi connectivity index (χ0v) is 31.1. The molecule has 0 amide bonds. The Hall–Kier alpha value is -7.89. The summed E-state index contributed by atoms with van der Waals surface area (Å²) in [5, 5.41) is 9.52. The van der Waals surface area contributed by atoms with E-state index in [1.54, 1.807) is 0 Å². The van der Waals surface area contributed by atoms with Crippen LogP contribution in [-0.4, -0.2) is 24.1 Å². The first-order valence-corrected chi connectivity index (χ1v) is 19.7. The summed E-state index contributed by atoms with van der Waals surface area (Å²) in [5.41, 5.74) is 12.4. The molecule has 0 spiro atoms. The number of aromatic nitrogens is 5. The lowest BCUT2D eigenvalue weighted by molar-refractivity contribution is 0.954. The molecule has 0 unspecified atom stereocenters. The molecule has 58 heavy (non-hydrogen) atoms. The molecule has 1 aliphatic rings. The molecule has 5 nitrogen and oxygen atoms in total. The smallest absolute Gasteiger partial charge is 0.238 e. The molecule has 0 radical (unpaired) electrons. The van der Waals surface area contributed by atoms with Crippen LogP contribution < -0.4 is 0 Å². The van der Waals surface area contributed by atoms with Gasteiger partial charge in [0.05, 0.1) is 27.8 Å². The molecule has 1 aliphatic heterocycles. The van der Waals surface area contributed by atoms with Crippen molar-refractivity contribution in [2.24, 2.45) is 0 Å². The van der Waals surface area contributed by atoms with Crippen LogP contribution in [0, 0.1) is 0 Å². The Kier molecular flexibility index (Phi) is 6.38. The van der Waals surface area contributed by atoms with Gasteiger partial charge < -0.3 is 4.57 Å². The monoisotopic (exact) mass is 737 g/mol. The molecule has 268 valence electrons. The SMILES string of the molecule is c1ccc(-c2nc(-c3ccc4c(ccc5ccccc54)c3)nc(-n3c4ccccc4c4c5c6c(cc43)c3ccccc3n6-c3ccccc3-c3ccccc3-5)n2)cc1. The summed E-state index contributed by atoms with van der Waals surface area (Å²) in [6, 6.07) is 67.3. The van der Waals surface area contributed by atoms with Crippen molar-refractivity contribution >= 4 is 65.2 Å². The Morgan fingerprint density at radius 3 is 1.81 bits per heavy atom. The quantitative estimate of drug-likeness (QED) is 0.170. The summed E-state index contributed by atoms with van der Waals surface area (Å²) in [6.07, 6.45) is 0. The van der Waals surface area contributed by atoms with Crippen LogP contribution in [0.1, 0.15) is 0 Å². The molecule has 0 aliphatic carbocycles. The summed E-state index contributed by atoms with van der Waals surface area (Å²) in [4.78, 5) is 15.9. The van der Waals surface area contributed by atoms with Crippen LogP contribution >= 0.6 is 0 Å². The van der Waals surface area contributed by atoms with Crippen molar-refractivity contribution in [1.82, 2.24) is 24.1 Å². The van der Waals surface area contributed by atoms with Gasteiger partial charge in [-0.15, -0.1) is 0 Å². The lowest BCUT2D eigenvalue weighted by Crippen LogP contribution is -2.06. The lowest BCUT2D eigenvalue weighted by atomic mass is 9.91. The molecule has 0 saturated heterocycles. The van der Waals surface area contributed by atoms with Crippen LogP contribution in [0.2, 0.25) is 0 Å². The standard InChI is InChI=1S/C53H31N5/c1-2-15-33(16-3-1)51-54-52(35-28-29-37-34(30-35)27-26-32-14-4-5-17-36(32)37)56-53(55-51)58-46-25-13-10-22-42(46)48-47(58)31-43-40-20-9-12-24-45(40)57-44-23-11-8-19-39(44)38-18-6-7-21-41(38)49(48)50(43)57/h1-31H. The fraction of sp³-hybridized carbons (Fsp3) is 0. The van der Waals surface area contributed by atoms with Gasteiger partial charge in [-0.1, -0.05) is 158 Å². The second-order valence-corrected chi connectivity index (χ2v) is 15.2. The number of hydrogen-bond acceptors (Lipinski definition) is 3. The van der Waals surface area contributed by atoms with Crippen molar-refractivity contribution in [3.8, 4) is 56.7 Å². The molecule has 0 N–H and O–H groups in total. The highest BCUT2D eigenvalue weighted by Crippen LogP contribution is 2.51. The third kappa shape index (κ3) is 4.33. The molecule has 0 bridgehead atoms. The Balaban J connectivity index is 1.17. The number of fused-ring (bicyclic) bond motifs is 15. The van der Waals surface area contributed by atoms with E-state index in [0.717, 1.165) is 32.9 Å². The molecule has 3 aromatic heterocycles. The van der Waals surface area contributed by atoms with Crippen LogP contribution in [-0.2, 0) is 0 Å². The van der Waals surface area contributed by atoms with Crippen molar-refractivity contribution in [1.29, 1.82) is 0 Å². The first-order chi connectivity index (χ1) is 28.8. The van der Waals surface area contributed by atoms with E-state index in [1.165, 1.54) is 71.3 Å². The third-order valence-corrected chi connectivity index (χ3v) is 12.1. The van der Waals surface area contributed by atoms with Gasteiger partial charge in [0.15, 0.2) is 11.6 Å². The molecule has 0 atom stereocenters. The van der Waals surface area contributed by atoms with E-state index in [4.69, 9.17) is 15.0 Å². The maximum absolute atomic E-state index is 5.39. The van der Waals surface area contributed by atoms with Crippen molar-refractivity contribution < 1.29 is 0 Å². The summed E-state index contributed by atoms with van der Waals surface area (Å²) in [6.45, 7) is 0. The Morgan fingerprint density at radius 1 is 0.345 bits per heavy atom. The summed E-state index contributed by atoms with van der Waals surface area (Å²) in [7, 11) is 0. The second kappa shape index (κ2) is 11.8. The van der Waals surface area contributed by atoms with E-state index in [1.807, 2.05) is 18.2 Å².